The van der Waals surface area contributed by atoms with E-state index >= 15 is 0 Å². The molecule has 0 radical (unpaired) electrons. The summed E-state index contributed by atoms with van der Waals surface area (Å²) in [6, 6.07) is 0. The second-order valence-electron chi connectivity index (χ2n) is 1.93. The molecule has 8 heavy (non-hydrogen) atoms. The van der Waals surface area contributed by atoms with Gasteiger partial charge in [-0.25, -0.2) is 0 Å². The number of rotatable bonds is 3. The van der Waals surface area contributed by atoms with Gasteiger partial charge < -0.3 is 0 Å². The lowest BCUT2D eigenvalue weighted by molar-refractivity contribution is 0.248. The van der Waals surface area contributed by atoms with Crippen LogP contribution in [0.1, 0.15) is 13.8 Å². The third-order valence-corrected chi connectivity index (χ3v) is 0.888. The third kappa shape index (κ3) is 6.02. The van der Waals surface area contributed by atoms with Crippen molar-refractivity contribution in [3.8, 4) is 0 Å². The van der Waals surface area contributed by atoms with Gasteiger partial charge in [0.2, 0.25) is 0 Å². The van der Waals surface area contributed by atoms with Gasteiger partial charge in [-0.3, -0.25) is 0 Å². The highest BCUT2D eigenvalue weighted by Gasteiger charge is 2.11. The lowest BCUT2D eigenvalue weighted by atomic mass is 10.2. The Kier molecular flexibility index (Phi) is 3.97. The summed E-state index contributed by atoms with van der Waals surface area (Å²) in [6.07, 6.45) is 0. The molecule has 0 rings (SSSR count). The van der Waals surface area contributed by atoms with Crippen molar-refractivity contribution < 1.29 is 14.0 Å². The van der Waals surface area contributed by atoms with Crippen LogP contribution in [-0.2, 0) is 9.09 Å². The van der Waals surface area contributed by atoms with Gasteiger partial charge in [-0.1, -0.05) is 13.8 Å². The molecule has 4 heteroatoms. The van der Waals surface area contributed by atoms with Crippen molar-refractivity contribution in [1.82, 2.24) is 0 Å². The quantitative estimate of drug-likeness (QED) is 0.596. The second-order valence-corrected chi connectivity index (χ2v) is 2.66. The Balaban J connectivity index is 3.05. The summed E-state index contributed by atoms with van der Waals surface area (Å²) >= 11 is 0. The Bertz CT molecular complexity index is 81.4. The monoisotopic (exact) mass is 137 g/mol. The molecule has 0 fully saturated rings. The minimum Gasteiger partial charge on any atom is -0.133 e. The van der Waals surface area contributed by atoms with Crippen molar-refractivity contribution in [2.75, 3.05) is 6.61 Å². The number of hydrogen-bond acceptors (Lipinski definition) is 2. The largest absolute Gasteiger partial charge is 0.694 e. The summed E-state index contributed by atoms with van der Waals surface area (Å²) in [5, 5.41) is 0. The average molecular weight is 137 g/mol. The minimum absolute atomic E-state index is 0.320. The van der Waals surface area contributed by atoms with Gasteiger partial charge in [0, 0.05) is 4.57 Å². The molecule has 0 heterocycles. The van der Waals surface area contributed by atoms with E-state index in [-0.39, 0.29) is 0 Å². The lowest BCUT2D eigenvalue weighted by Gasteiger charge is -1.92. The van der Waals surface area contributed by atoms with E-state index in [1.54, 1.807) is 0 Å². The van der Waals surface area contributed by atoms with Crippen LogP contribution in [0.3, 0.4) is 0 Å². The topological polar surface area (TPSA) is 46.5 Å². The fraction of sp³-hybridized carbons (Fsp3) is 1.00. The Morgan fingerprint density at radius 2 is 2.25 bits per heavy atom. The van der Waals surface area contributed by atoms with Gasteiger partial charge >= 0.3 is 8.25 Å². The predicted molar refractivity (Wildman–Crippen MR) is 30.6 cm³/mol. The highest BCUT2D eigenvalue weighted by Crippen LogP contribution is 2.15. The molecule has 0 aliphatic rings. The Morgan fingerprint density at radius 3 is 2.38 bits per heavy atom. The van der Waals surface area contributed by atoms with Gasteiger partial charge in [-0.2, -0.15) is 0 Å². The van der Waals surface area contributed by atoms with E-state index in [0.29, 0.717) is 12.5 Å². The molecule has 1 atom stereocenters. The lowest BCUT2D eigenvalue weighted by Crippen LogP contribution is -1.95. The molecular formula is C4H10O3P+. The zero-order valence-corrected chi connectivity index (χ0v) is 5.89. The molecular weight excluding hydrogens is 127 g/mol. The van der Waals surface area contributed by atoms with Crippen LogP contribution in [0, 0.1) is 5.92 Å². The summed E-state index contributed by atoms with van der Waals surface area (Å²) in [4.78, 5) is 8.09. The van der Waals surface area contributed by atoms with Crippen LogP contribution in [0.25, 0.3) is 0 Å². The van der Waals surface area contributed by atoms with E-state index in [1.165, 1.54) is 0 Å². The maximum atomic E-state index is 9.83. The molecule has 48 valence electrons. The van der Waals surface area contributed by atoms with Crippen molar-refractivity contribution in [3.63, 3.8) is 0 Å². The van der Waals surface area contributed by atoms with E-state index in [9.17, 15) is 4.57 Å². The first-order valence-corrected chi connectivity index (χ1v) is 3.55. The summed E-state index contributed by atoms with van der Waals surface area (Å²) in [5.74, 6) is 0.320. The summed E-state index contributed by atoms with van der Waals surface area (Å²) in [7, 11) is -2.38. The minimum atomic E-state index is -2.38. The molecule has 0 aliphatic heterocycles. The maximum absolute atomic E-state index is 9.83. The zero-order valence-electron chi connectivity index (χ0n) is 5.00. The predicted octanol–water partition coefficient (Wildman–Crippen LogP) is 1.31. The Labute approximate surface area is 49.6 Å². The Morgan fingerprint density at radius 1 is 1.75 bits per heavy atom. The summed E-state index contributed by atoms with van der Waals surface area (Å²) in [6.45, 7) is 4.18. The van der Waals surface area contributed by atoms with Gasteiger partial charge in [0.1, 0.15) is 6.61 Å². The summed E-state index contributed by atoms with van der Waals surface area (Å²) < 4.78 is 14.2. The second kappa shape index (κ2) is 3.96. The smallest absolute Gasteiger partial charge is 0.133 e. The first kappa shape index (κ1) is 8.02. The van der Waals surface area contributed by atoms with E-state index in [2.05, 4.69) is 4.52 Å². The molecule has 1 N–H and O–H groups in total. The first-order chi connectivity index (χ1) is 3.63. The highest BCUT2D eigenvalue weighted by atomic mass is 31.1. The standard InChI is InChI=1S/C4H9O3P/c1-4(2)3-7-8(5)6/h4H,3H2,1-2H3/p+1. The molecule has 1 unspecified atom stereocenters. The van der Waals surface area contributed by atoms with Crippen molar-refractivity contribution in [3.05, 3.63) is 0 Å². The van der Waals surface area contributed by atoms with E-state index < -0.39 is 8.25 Å². The van der Waals surface area contributed by atoms with Gasteiger partial charge in [0.05, 0.1) is 0 Å². The maximum Gasteiger partial charge on any atom is 0.694 e. The third-order valence-electron chi connectivity index (χ3n) is 0.518. The zero-order chi connectivity index (χ0) is 6.57. The molecule has 0 amide bonds. The van der Waals surface area contributed by atoms with Crippen LogP contribution in [0.4, 0.5) is 0 Å². The summed E-state index contributed by atoms with van der Waals surface area (Å²) in [5.41, 5.74) is 0. The fourth-order valence-corrected chi connectivity index (χ4v) is 0.639. The molecule has 0 spiro atoms. The molecule has 0 saturated heterocycles. The van der Waals surface area contributed by atoms with E-state index in [1.807, 2.05) is 13.8 Å². The SMILES string of the molecule is CC(C)CO[P+](=O)O. The first-order valence-electron chi connectivity index (χ1n) is 2.42. The van der Waals surface area contributed by atoms with Crippen molar-refractivity contribution in [2.24, 2.45) is 5.92 Å². The molecule has 0 bridgehead atoms. The van der Waals surface area contributed by atoms with Crippen LogP contribution in [-0.4, -0.2) is 11.5 Å². The van der Waals surface area contributed by atoms with E-state index in [0.717, 1.165) is 0 Å². The highest BCUT2D eigenvalue weighted by molar-refractivity contribution is 7.32. The van der Waals surface area contributed by atoms with Gasteiger partial charge in [-0.05, 0) is 5.92 Å². The van der Waals surface area contributed by atoms with Crippen LogP contribution in [0.2, 0.25) is 0 Å². The van der Waals surface area contributed by atoms with Crippen molar-refractivity contribution in [1.29, 1.82) is 0 Å². The molecule has 0 aliphatic carbocycles. The van der Waals surface area contributed by atoms with Gasteiger partial charge in [0.25, 0.3) is 0 Å². The molecule has 0 aromatic rings. The molecule has 0 saturated carbocycles. The molecule has 0 aromatic heterocycles. The molecule has 0 aromatic carbocycles. The van der Waals surface area contributed by atoms with Crippen molar-refractivity contribution >= 4 is 8.25 Å². The van der Waals surface area contributed by atoms with Crippen LogP contribution < -0.4 is 0 Å². The Hall–Kier alpha value is 0.0200. The van der Waals surface area contributed by atoms with Crippen LogP contribution in [0.5, 0.6) is 0 Å². The van der Waals surface area contributed by atoms with Gasteiger partial charge in [0.15, 0.2) is 0 Å². The number of hydrogen-bond donors (Lipinski definition) is 1. The van der Waals surface area contributed by atoms with Crippen LogP contribution in [0.15, 0.2) is 0 Å². The van der Waals surface area contributed by atoms with E-state index in [4.69, 9.17) is 4.89 Å². The molecule has 3 nitrogen and oxygen atoms in total. The van der Waals surface area contributed by atoms with Gasteiger partial charge in [-0.15, -0.1) is 9.42 Å². The normalized spacial score (nSPS) is 12.2. The fourth-order valence-electron chi connectivity index (χ4n) is 0.213. The van der Waals surface area contributed by atoms with Crippen LogP contribution >= 0.6 is 8.25 Å². The van der Waals surface area contributed by atoms with Crippen molar-refractivity contribution in [2.45, 2.75) is 13.8 Å². The average Bonchev–Trinajstić information content (AvgIpc) is 1.61.